The topological polar surface area (TPSA) is 8.81 Å². The number of aryl methyl sites for hydroxylation is 2. The SMILES string of the molecule is CCCCCCCCCCCCCCCCCCCn1cc[n+](CCCCCCCCCCCCCC)c1Cc1ccccc1. The molecule has 0 saturated carbocycles. The summed E-state index contributed by atoms with van der Waals surface area (Å²) in [7, 11) is 0. The second-order valence-corrected chi connectivity index (χ2v) is 14.3. The van der Waals surface area contributed by atoms with E-state index in [4.69, 9.17) is 0 Å². The molecule has 0 aliphatic carbocycles. The molecule has 0 atom stereocenters. The minimum atomic E-state index is 1.05. The number of unbranched alkanes of at least 4 members (excludes halogenated alkanes) is 27. The van der Waals surface area contributed by atoms with Crippen molar-refractivity contribution in [1.29, 1.82) is 0 Å². The standard InChI is InChI=1S/C43H77N2/c1-3-5-7-9-11-13-15-17-18-19-20-21-23-25-27-29-34-38-45-40-39-44(43(45)41-42-35-31-30-32-36-42)37-33-28-26-24-22-16-14-12-10-8-6-4-2/h30-32,35-36,39-40H,3-29,33-34,37-38,41H2,1-2H3/q+1. The van der Waals surface area contributed by atoms with E-state index >= 15 is 0 Å². The highest BCUT2D eigenvalue weighted by Crippen LogP contribution is 2.16. The van der Waals surface area contributed by atoms with E-state index in [-0.39, 0.29) is 0 Å². The van der Waals surface area contributed by atoms with E-state index in [0.717, 1.165) is 6.42 Å². The average Bonchev–Trinajstić information content (AvgIpc) is 3.44. The van der Waals surface area contributed by atoms with Crippen LogP contribution in [0.15, 0.2) is 42.7 Å². The minimum absolute atomic E-state index is 1.05. The zero-order valence-corrected chi connectivity index (χ0v) is 30.6. The molecule has 2 rings (SSSR count). The van der Waals surface area contributed by atoms with E-state index in [0.29, 0.717) is 0 Å². The highest BCUT2D eigenvalue weighted by atomic mass is 15.1. The van der Waals surface area contributed by atoms with Crippen molar-refractivity contribution >= 4 is 0 Å². The Bertz CT molecular complexity index is 869. The third-order valence-corrected chi connectivity index (χ3v) is 10.0. The van der Waals surface area contributed by atoms with Gasteiger partial charge in [-0.2, -0.15) is 0 Å². The van der Waals surface area contributed by atoms with Gasteiger partial charge in [0.15, 0.2) is 0 Å². The number of hydrogen-bond donors (Lipinski definition) is 0. The fourth-order valence-electron chi connectivity index (χ4n) is 7.02. The summed E-state index contributed by atoms with van der Waals surface area (Å²) in [4.78, 5) is 0. The fraction of sp³-hybridized carbons (Fsp3) is 0.791. The summed E-state index contributed by atoms with van der Waals surface area (Å²) in [6.45, 7) is 6.96. The number of benzene rings is 1. The molecule has 1 aromatic carbocycles. The number of imidazole rings is 1. The molecule has 0 N–H and O–H groups in total. The van der Waals surface area contributed by atoms with Gasteiger partial charge in [-0.3, -0.25) is 0 Å². The van der Waals surface area contributed by atoms with Crippen molar-refractivity contribution in [3.05, 3.63) is 54.1 Å². The van der Waals surface area contributed by atoms with E-state index in [2.05, 4.69) is 65.7 Å². The Hall–Kier alpha value is -1.57. The van der Waals surface area contributed by atoms with Crippen molar-refractivity contribution in [1.82, 2.24) is 4.57 Å². The van der Waals surface area contributed by atoms with Crippen LogP contribution in [0.5, 0.6) is 0 Å². The Balaban J connectivity index is 1.54. The molecule has 0 amide bonds. The molecule has 0 unspecified atom stereocenters. The van der Waals surface area contributed by atoms with Crippen LogP contribution in [-0.2, 0) is 19.5 Å². The summed E-state index contributed by atoms with van der Waals surface area (Å²) in [5, 5.41) is 0. The predicted molar refractivity (Wildman–Crippen MR) is 199 cm³/mol. The third kappa shape index (κ3) is 21.8. The van der Waals surface area contributed by atoms with Crippen LogP contribution in [0.4, 0.5) is 0 Å². The van der Waals surface area contributed by atoms with Crippen LogP contribution in [0, 0.1) is 0 Å². The van der Waals surface area contributed by atoms with Crippen LogP contribution in [-0.4, -0.2) is 4.57 Å². The molecule has 0 aliphatic rings. The maximum Gasteiger partial charge on any atom is 0.260 e. The van der Waals surface area contributed by atoms with Gasteiger partial charge in [0.25, 0.3) is 5.82 Å². The average molecular weight is 622 g/mol. The Kier molecular flexibility index (Phi) is 26.2. The summed E-state index contributed by atoms with van der Waals surface area (Å²) < 4.78 is 5.13. The summed E-state index contributed by atoms with van der Waals surface area (Å²) in [5.41, 5.74) is 1.43. The molecule has 0 spiro atoms. The molecule has 1 aromatic heterocycles. The zero-order chi connectivity index (χ0) is 31.9. The van der Waals surface area contributed by atoms with Gasteiger partial charge in [0, 0.05) is 0 Å². The quantitative estimate of drug-likeness (QED) is 0.0554. The number of aromatic nitrogens is 2. The lowest BCUT2D eigenvalue weighted by Crippen LogP contribution is -2.37. The van der Waals surface area contributed by atoms with E-state index in [9.17, 15) is 0 Å². The minimum Gasteiger partial charge on any atom is -0.234 e. The zero-order valence-electron chi connectivity index (χ0n) is 30.6. The van der Waals surface area contributed by atoms with Crippen molar-refractivity contribution < 1.29 is 4.57 Å². The van der Waals surface area contributed by atoms with Gasteiger partial charge in [-0.25, -0.2) is 9.13 Å². The summed E-state index contributed by atoms with van der Waals surface area (Å²) in [5.74, 6) is 1.50. The third-order valence-electron chi connectivity index (χ3n) is 10.0. The van der Waals surface area contributed by atoms with Crippen LogP contribution in [0.1, 0.15) is 211 Å². The van der Waals surface area contributed by atoms with Crippen molar-refractivity contribution in [3.63, 3.8) is 0 Å². The van der Waals surface area contributed by atoms with Gasteiger partial charge in [-0.1, -0.05) is 205 Å². The lowest BCUT2D eigenvalue weighted by molar-refractivity contribution is -0.703. The van der Waals surface area contributed by atoms with E-state index in [1.165, 1.54) is 211 Å². The van der Waals surface area contributed by atoms with Crippen molar-refractivity contribution in [3.8, 4) is 0 Å². The van der Waals surface area contributed by atoms with E-state index in [1.807, 2.05) is 0 Å². The Morgan fingerprint density at radius 1 is 0.444 bits per heavy atom. The van der Waals surface area contributed by atoms with Gasteiger partial charge in [0.1, 0.15) is 12.4 Å². The number of rotatable bonds is 33. The largest absolute Gasteiger partial charge is 0.260 e. The Morgan fingerprint density at radius 2 is 0.822 bits per heavy atom. The van der Waals surface area contributed by atoms with Crippen LogP contribution in [0.3, 0.4) is 0 Å². The molecular formula is C43H77N2+. The van der Waals surface area contributed by atoms with Crippen LogP contribution >= 0.6 is 0 Å². The van der Waals surface area contributed by atoms with Crippen molar-refractivity contribution in [2.24, 2.45) is 0 Å². The van der Waals surface area contributed by atoms with Gasteiger partial charge in [-0.15, -0.1) is 0 Å². The molecule has 0 aliphatic heterocycles. The Morgan fingerprint density at radius 3 is 1.24 bits per heavy atom. The van der Waals surface area contributed by atoms with Gasteiger partial charge < -0.3 is 0 Å². The molecule has 0 radical (unpaired) electrons. The molecule has 45 heavy (non-hydrogen) atoms. The van der Waals surface area contributed by atoms with Gasteiger partial charge in [0.2, 0.25) is 0 Å². The fourth-order valence-corrected chi connectivity index (χ4v) is 7.02. The second-order valence-electron chi connectivity index (χ2n) is 14.3. The molecule has 1 heterocycles. The number of nitrogens with zero attached hydrogens (tertiary/aromatic N) is 2. The first-order chi connectivity index (χ1) is 22.3. The van der Waals surface area contributed by atoms with Gasteiger partial charge in [0.05, 0.1) is 19.5 Å². The Labute approximate surface area is 282 Å². The molecule has 2 aromatic rings. The maximum absolute atomic E-state index is 2.57. The smallest absolute Gasteiger partial charge is 0.234 e. The monoisotopic (exact) mass is 622 g/mol. The summed E-state index contributed by atoms with van der Waals surface area (Å²) in [6.07, 6.45) is 47.2. The first-order valence-electron chi connectivity index (χ1n) is 20.5. The van der Waals surface area contributed by atoms with Crippen LogP contribution in [0.2, 0.25) is 0 Å². The molecule has 2 heteroatoms. The predicted octanol–water partition coefficient (Wildman–Crippen LogP) is 13.7. The molecule has 2 nitrogen and oxygen atoms in total. The second kappa shape index (κ2) is 29.8. The van der Waals surface area contributed by atoms with E-state index in [1.54, 1.807) is 0 Å². The van der Waals surface area contributed by atoms with Gasteiger partial charge in [-0.05, 0) is 31.2 Å². The maximum atomic E-state index is 2.57. The highest BCUT2D eigenvalue weighted by molar-refractivity contribution is 5.18. The summed E-state index contributed by atoms with van der Waals surface area (Å²) >= 11 is 0. The van der Waals surface area contributed by atoms with Crippen LogP contribution < -0.4 is 4.57 Å². The first-order valence-corrected chi connectivity index (χ1v) is 20.5. The molecule has 0 fully saturated rings. The first kappa shape index (κ1) is 39.6. The van der Waals surface area contributed by atoms with Crippen LogP contribution in [0.25, 0.3) is 0 Å². The molecule has 0 saturated heterocycles. The molecule has 258 valence electrons. The summed E-state index contributed by atoms with van der Waals surface area (Å²) in [6, 6.07) is 11.1. The lowest BCUT2D eigenvalue weighted by atomic mass is 10.0. The van der Waals surface area contributed by atoms with Gasteiger partial charge >= 0.3 is 0 Å². The molecule has 0 bridgehead atoms. The highest BCUT2D eigenvalue weighted by Gasteiger charge is 2.17. The van der Waals surface area contributed by atoms with Crippen molar-refractivity contribution in [2.45, 2.75) is 220 Å². The van der Waals surface area contributed by atoms with Crippen molar-refractivity contribution in [2.75, 3.05) is 0 Å². The normalized spacial score (nSPS) is 11.5. The molecular weight excluding hydrogens is 544 g/mol. The number of hydrogen-bond acceptors (Lipinski definition) is 0. The lowest BCUT2D eigenvalue weighted by Gasteiger charge is -2.07. The van der Waals surface area contributed by atoms with E-state index < -0.39 is 0 Å².